The highest BCUT2D eigenvalue weighted by molar-refractivity contribution is 5.82. The predicted molar refractivity (Wildman–Crippen MR) is 75.5 cm³/mol. The lowest BCUT2D eigenvalue weighted by molar-refractivity contribution is -0.141. The molecule has 128 valence electrons. The van der Waals surface area contributed by atoms with Gasteiger partial charge in [0, 0.05) is 19.6 Å². The third kappa shape index (κ3) is 5.10. The fourth-order valence-electron chi connectivity index (χ4n) is 3.09. The minimum Gasteiger partial charge on any atom is -0.374 e. The number of hydrogen-bond acceptors (Lipinski definition) is 4. The van der Waals surface area contributed by atoms with E-state index >= 15 is 0 Å². The van der Waals surface area contributed by atoms with E-state index in [1.807, 2.05) is 10.2 Å². The van der Waals surface area contributed by atoms with Crippen LogP contribution in [0.1, 0.15) is 19.8 Å². The Kier molecular flexibility index (Phi) is 6.05. The first-order valence-corrected chi connectivity index (χ1v) is 7.81. The fraction of sp³-hybridized carbons (Fsp3) is 0.929. The third-order valence-electron chi connectivity index (χ3n) is 4.24. The summed E-state index contributed by atoms with van der Waals surface area (Å²) in [5, 5.41) is 1.99. The normalized spacial score (nSPS) is 28.0. The number of nitrogens with zero attached hydrogens (tertiary/aromatic N) is 2. The zero-order chi connectivity index (χ0) is 16.2. The van der Waals surface area contributed by atoms with Crippen molar-refractivity contribution in [1.29, 1.82) is 0 Å². The maximum absolute atomic E-state index is 12.2. The smallest absolute Gasteiger partial charge is 0.374 e. The molecular weight excluding hydrogens is 299 g/mol. The van der Waals surface area contributed by atoms with E-state index in [9.17, 15) is 18.0 Å². The molecular formula is C14H24F3N3O2. The highest BCUT2D eigenvalue weighted by Crippen LogP contribution is 2.20. The SMILES string of the molecule is CCN1CCO[C@H](CN2CCC[C@H]2C(=O)NCC(F)(F)F)C1. The summed E-state index contributed by atoms with van der Waals surface area (Å²) in [6.45, 7) is 5.49. The number of carbonyl (C=O) groups excluding carboxylic acids is 1. The summed E-state index contributed by atoms with van der Waals surface area (Å²) in [6, 6.07) is -0.469. The van der Waals surface area contributed by atoms with E-state index < -0.39 is 24.7 Å². The molecule has 0 saturated carbocycles. The summed E-state index contributed by atoms with van der Waals surface area (Å²) in [6.07, 6.45) is -2.92. The van der Waals surface area contributed by atoms with Crippen LogP contribution in [0.3, 0.4) is 0 Å². The summed E-state index contributed by atoms with van der Waals surface area (Å²) in [5.74, 6) is -0.530. The summed E-state index contributed by atoms with van der Waals surface area (Å²) < 4.78 is 42.3. The number of halogens is 3. The van der Waals surface area contributed by atoms with Gasteiger partial charge in [-0.15, -0.1) is 0 Å². The largest absolute Gasteiger partial charge is 0.405 e. The molecule has 2 fully saturated rings. The lowest BCUT2D eigenvalue weighted by atomic mass is 10.2. The Balaban J connectivity index is 1.83. The first kappa shape index (κ1) is 17.5. The highest BCUT2D eigenvalue weighted by Gasteiger charge is 2.35. The molecule has 2 rings (SSSR count). The van der Waals surface area contributed by atoms with Gasteiger partial charge < -0.3 is 10.1 Å². The van der Waals surface area contributed by atoms with Gasteiger partial charge in [0.1, 0.15) is 6.54 Å². The van der Waals surface area contributed by atoms with Crippen LogP contribution >= 0.6 is 0 Å². The lowest BCUT2D eigenvalue weighted by Crippen LogP contribution is -2.51. The number of carbonyl (C=O) groups is 1. The van der Waals surface area contributed by atoms with E-state index in [0.717, 1.165) is 32.6 Å². The summed E-state index contributed by atoms with van der Waals surface area (Å²) in [7, 11) is 0. The number of ether oxygens (including phenoxy) is 1. The minimum absolute atomic E-state index is 0.0183. The van der Waals surface area contributed by atoms with Gasteiger partial charge in [-0.3, -0.25) is 14.6 Å². The fourth-order valence-corrected chi connectivity index (χ4v) is 3.09. The Morgan fingerprint density at radius 1 is 1.36 bits per heavy atom. The molecule has 0 aromatic carbocycles. The second kappa shape index (κ2) is 7.61. The van der Waals surface area contributed by atoms with Gasteiger partial charge in [0.2, 0.25) is 5.91 Å². The van der Waals surface area contributed by atoms with Crippen LogP contribution in [0.15, 0.2) is 0 Å². The van der Waals surface area contributed by atoms with Crippen molar-refractivity contribution in [3.05, 3.63) is 0 Å². The van der Waals surface area contributed by atoms with E-state index in [1.165, 1.54) is 0 Å². The average Bonchev–Trinajstić information content (AvgIpc) is 2.92. The van der Waals surface area contributed by atoms with Gasteiger partial charge >= 0.3 is 6.18 Å². The molecule has 0 aromatic heterocycles. The van der Waals surface area contributed by atoms with Crippen LogP contribution in [0.5, 0.6) is 0 Å². The van der Waals surface area contributed by atoms with Gasteiger partial charge in [0.15, 0.2) is 0 Å². The molecule has 0 bridgehead atoms. The molecule has 2 aliphatic heterocycles. The van der Waals surface area contributed by atoms with Crippen molar-refractivity contribution in [2.24, 2.45) is 0 Å². The Hall–Kier alpha value is -0.860. The van der Waals surface area contributed by atoms with Gasteiger partial charge in [-0.2, -0.15) is 13.2 Å². The quantitative estimate of drug-likeness (QED) is 0.815. The molecule has 0 spiro atoms. The predicted octanol–water partition coefficient (Wildman–Crippen LogP) is 0.850. The van der Waals surface area contributed by atoms with Crippen molar-refractivity contribution < 1.29 is 22.7 Å². The molecule has 2 heterocycles. The van der Waals surface area contributed by atoms with Crippen LogP contribution in [0.2, 0.25) is 0 Å². The molecule has 0 aliphatic carbocycles. The van der Waals surface area contributed by atoms with Crippen molar-refractivity contribution in [3.63, 3.8) is 0 Å². The maximum Gasteiger partial charge on any atom is 0.405 e. The van der Waals surface area contributed by atoms with Gasteiger partial charge in [0.25, 0.3) is 0 Å². The number of alkyl halides is 3. The summed E-state index contributed by atoms with van der Waals surface area (Å²) in [5.41, 5.74) is 0. The van der Waals surface area contributed by atoms with Gasteiger partial charge in [-0.25, -0.2) is 0 Å². The van der Waals surface area contributed by atoms with Crippen LogP contribution in [0.4, 0.5) is 13.2 Å². The first-order chi connectivity index (χ1) is 10.4. The molecule has 2 atom stereocenters. The number of likely N-dealkylation sites (N-methyl/N-ethyl adjacent to an activating group) is 1. The van der Waals surface area contributed by atoms with E-state index in [0.29, 0.717) is 19.6 Å². The van der Waals surface area contributed by atoms with Crippen molar-refractivity contribution in [1.82, 2.24) is 15.1 Å². The van der Waals surface area contributed by atoms with Crippen LogP contribution < -0.4 is 5.32 Å². The van der Waals surface area contributed by atoms with Crippen molar-refractivity contribution in [3.8, 4) is 0 Å². The molecule has 8 heteroatoms. The molecule has 2 aliphatic rings. The van der Waals surface area contributed by atoms with Crippen LogP contribution in [0, 0.1) is 0 Å². The number of hydrogen-bond donors (Lipinski definition) is 1. The van der Waals surface area contributed by atoms with Crippen molar-refractivity contribution in [2.45, 2.75) is 38.1 Å². The zero-order valence-electron chi connectivity index (χ0n) is 12.9. The second-order valence-electron chi connectivity index (χ2n) is 5.87. The number of rotatable bonds is 5. The molecule has 0 radical (unpaired) electrons. The molecule has 0 unspecified atom stereocenters. The third-order valence-corrected chi connectivity index (χ3v) is 4.24. The topological polar surface area (TPSA) is 44.8 Å². The zero-order valence-corrected chi connectivity index (χ0v) is 12.9. The molecule has 1 N–H and O–H groups in total. The number of morpholine rings is 1. The summed E-state index contributed by atoms with van der Waals surface area (Å²) in [4.78, 5) is 16.2. The van der Waals surface area contributed by atoms with Gasteiger partial charge in [-0.05, 0) is 25.9 Å². The Morgan fingerprint density at radius 3 is 2.82 bits per heavy atom. The van der Waals surface area contributed by atoms with Crippen molar-refractivity contribution >= 4 is 5.91 Å². The number of amides is 1. The summed E-state index contributed by atoms with van der Waals surface area (Å²) >= 11 is 0. The van der Waals surface area contributed by atoms with Crippen LogP contribution in [-0.4, -0.2) is 79.9 Å². The number of likely N-dealkylation sites (tertiary alicyclic amines) is 1. The lowest BCUT2D eigenvalue weighted by Gasteiger charge is -2.35. The van der Waals surface area contributed by atoms with Crippen LogP contribution in [-0.2, 0) is 9.53 Å². The Bertz CT molecular complexity index is 379. The standard InChI is InChI=1S/C14H24F3N3O2/c1-2-19-6-7-22-11(8-19)9-20-5-3-4-12(20)13(21)18-10-14(15,16)17/h11-12H,2-10H2,1H3,(H,18,21)/t11-,12-/m0/s1. The van der Waals surface area contributed by atoms with E-state index in [2.05, 4.69) is 11.8 Å². The Morgan fingerprint density at radius 2 is 2.14 bits per heavy atom. The van der Waals surface area contributed by atoms with E-state index in [-0.39, 0.29) is 6.10 Å². The molecule has 5 nitrogen and oxygen atoms in total. The van der Waals surface area contributed by atoms with Crippen molar-refractivity contribution in [2.75, 3.05) is 45.9 Å². The second-order valence-corrected chi connectivity index (χ2v) is 5.87. The van der Waals surface area contributed by atoms with Gasteiger partial charge in [0.05, 0.1) is 18.8 Å². The molecule has 1 amide bonds. The van der Waals surface area contributed by atoms with E-state index in [1.54, 1.807) is 0 Å². The first-order valence-electron chi connectivity index (χ1n) is 7.81. The maximum atomic E-state index is 12.2. The average molecular weight is 323 g/mol. The molecule has 2 saturated heterocycles. The Labute approximate surface area is 128 Å². The molecule has 0 aromatic rings. The minimum atomic E-state index is -4.37. The van der Waals surface area contributed by atoms with Gasteiger partial charge in [-0.1, -0.05) is 6.92 Å². The highest BCUT2D eigenvalue weighted by atomic mass is 19.4. The van der Waals surface area contributed by atoms with E-state index in [4.69, 9.17) is 4.74 Å². The number of nitrogens with one attached hydrogen (secondary N) is 1. The molecule has 22 heavy (non-hydrogen) atoms. The van der Waals surface area contributed by atoms with Crippen LogP contribution in [0.25, 0.3) is 0 Å². The monoisotopic (exact) mass is 323 g/mol.